The molecular weight excluding hydrogens is 416 g/mol. The zero-order valence-electron chi connectivity index (χ0n) is 17.7. The van der Waals surface area contributed by atoms with Gasteiger partial charge in [-0.3, -0.25) is 9.20 Å². The summed E-state index contributed by atoms with van der Waals surface area (Å²) in [5, 5.41) is 3.58. The lowest BCUT2D eigenvalue weighted by Gasteiger charge is -2.22. The number of benzene rings is 1. The minimum absolute atomic E-state index is 0.0444. The van der Waals surface area contributed by atoms with Crippen LogP contribution in [0.2, 0.25) is 0 Å². The molecule has 0 atom stereocenters. The highest BCUT2D eigenvalue weighted by atomic mass is 32.1. The quantitative estimate of drug-likeness (QED) is 0.603. The third kappa shape index (κ3) is 4.61. The predicted octanol–water partition coefficient (Wildman–Crippen LogP) is 2.51. The van der Waals surface area contributed by atoms with Gasteiger partial charge in [0.05, 0.1) is 30.8 Å². The Balaban J connectivity index is 1.28. The first kappa shape index (κ1) is 20.8. The summed E-state index contributed by atoms with van der Waals surface area (Å²) >= 11 is 1.41. The monoisotopic (exact) mass is 444 g/mol. The number of nitrogens with one attached hydrogen (secondary N) is 1. The van der Waals surface area contributed by atoms with E-state index in [4.69, 9.17) is 19.2 Å². The first-order chi connectivity index (χ1) is 15.2. The summed E-state index contributed by atoms with van der Waals surface area (Å²) in [6, 6.07) is 6.35. The molecule has 4 heterocycles. The molecule has 9 heteroatoms. The van der Waals surface area contributed by atoms with Crippen LogP contribution in [0.5, 0.6) is 0 Å². The maximum atomic E-state index is 12.9. The van der Waals surface area contributed by atoms with Crippen LogP contribution in [-0.4, -0.2) is 73.0 Å². The second-order valence-electron chi connectivity index (χ2n) is 8.23. The van der Waals surface area contributed by atoms with Crippen LogP contribution in [0.4, 0.5) is 0 Å². The maximum Gasteiger partial charge on any atom is 0.265 e. The molecule has 0 spiro atoms. The van der Waals surface area contributed by atoms with E-state index in [-0.39, 0.29) is 12.2 Å². The van der Waals surface area contributed by atoms with Crippen LogP contribution in [0.1, 0.15) is 28.1 Å². The van der Waals surface area contributed by atoms with Gasteiger partial charge in [0, 0.05) is 33.0 Å². The van der Waals surface area contributed by atoms with Gasteiger partial charge >= 0.3 is 0 Å². The topological polar surface area (TPSA) is 77.3 Å². The molecule has 2 aliphatic rings. The molecular formula is C22H28N4O4S. The maximum absolute atomic E-state index is 12.9. The van der Waals surface area contributed by atoms with E-state index >= 15 is 0 Å². The Morgan fingerprint density at radius 3 is 2.87 bits per heavy atom. The first-order valence-corrected chi connectivity index (χ1v) is 11.7. The van der Waals surface area contributed by atoms with Crippen molar-refractivity contribution in [3.8, 4) is 0 Å². The average molecular weight is 445 g/mol. The molecule has 1 amide bonds. The molecule has 2 aliphatic heterocycles. The Morgan fingerprint density at radius 2 is 2.06 bits per heavy atom. The van der Waals surface area contributed by atoms with Gasteiger partial charge in [0.15, 0.2) is 11.3 Å². The number of nitrogens with zero attached hydrogens (tertiary/aromatic N) is 3. The third-order valence-corrected chi connectivity index (χ3v) is 6.91. The molecule has 0 unspecified atom stereocenters. The molecule has 0 radical (unpaired) electrons. The minimum Gasteiger partial charge on any atom is -0.381 e. The molecule has 0 aliphatic carbocycles. The summed E-state index contributed by atoms with van der Waals surface area (Å²) in [6.45, 7) is 5.17. The van der Waals surface area contributed by atoms with Gasteiger partial charge in [-0.15, -0.1) is 0 Å². The van der Waals surface area contributed by atoms with E-state index in [1.807, 2.05) is 10.6 Å². The fourth-order valence-corrected chi connectivity index (χ4v) is 5.13. The van der Waals surface area contributed by atoms with Gasteiger partial charge in [-0.25, -0.2) is 4.98 Å². The lowest BCUT2D eigenvalue weighted by Crippen LogP contribution is -2.34. The fraction of sp³-hybridized carbons (Fsp3) is 0.545. The number of amides is 1. The zero-order chi connectivity index (χ0) is 21.2. The third-order valence-electron chi connectivity index (χ3n) is 5.94. The van der Waals surface area contributed by atoms with Crippen molar-refractivity contribution in [2.75, 3.05) is 46.6 Å². The Bertz CT molecular complexity index is 1050. The number of thiazole rings is 1. The molecule has 1 N–H and O–H groups in total. The summed E-state index contributed by atoms with van der Waals surface area (Å²) in [4.78, 5) is 20.7. The second kappa shape index (κ2) is 9.22. The second-order valence-corrected chi connectivity index (χ2v) is 9.24. The van der Waals surface area contributed by atoms with Crippen molar-refractivity contribution >= 4 is 33.2 Å². The van der Waals surface area contributed by atoms with Gasteiger partial charge in [0.2, 0.25) is 0 Å². The zero-order valence-corrected chi connectivity index (χ0v) is 18.5. The Kier molecular flexibility index (Phi) is 6.20. The van der Waals surface area contributed by atoms with Gasteiger partial charge in [0.1, 0.15) is 4.88 Å². The number of likely N-dealkylation sites (N-methyl/N-ethyl adjacent to an activating group) is 1. The predicted molar refractivity (Wildman–Crippen MR) is 118 cm³/mol. The molecule has 2 fully saturated rings. The number of carbonyl (C=O) groups is 1. The Hall–Kier alpha value is -2.04. The van der Waals surface area contributed by atoms with E-state index in [0.717, 1.165) is 55.1 Å². The standard InChI is InChI=1S/C22H28N4O4S/c1-25(14-20-29-8-9-30-20)21(27)19-13-26-18-10-16(2-3-17(18)24-22(26)31-19)12-23-11-15-4-6-28-7-5-15/h2-3,10,13,15,20,23H,4-9,11-12,14H2,1H3. The van der Waals surface area contributed by atoms with Crippen molar-refractivity contribution in [3.05, 3.63) is 34.8 Å². The number of aromatic nitrogens is 2. The van der Waals surface area contributed by atoms with Gasteiger partial charge in [0.25, 0.3) is 5.91 Å². The number of rotatable bonds is 7. The van der Waals surface area contributed by atoms with Crippen molar-refractivity contribution in [2.45, 2.75) is 25.7 Å². The van der Waals surface area contributed by atoms with Crippen molar-refractivity contribution in [2.24, 2.45) is 5.92 Å². The molecule has 166 valence electrons. The van der Waals surface area contributed by atoms with Crippen LogP contribution in [0.25, 0.3) is 16.0 Å². The smallest absolute Gasteiger partial charge is 0.265 e. The summed E-state index contributed by atoms with van der Waals surface area (Å²) in [5.74, 6) is 0.652. The largest absolute Gasteiger partial charge is 0.381 e. The Morgan fingerprint density at radius 1 is 1.26 bits per heavy atom. The van der Waals surface area contributed by atoms with E-state index in [1.54, 1.807) is 11.9 Å². The van der Waals surface area contributed by atoms with Crippen LogP contribution >= 0.6 is 11.3 Å². The van der Waals surface area contributed by atoms with Crippen molar-refractivity contribution in [3.63, 3.8) is 0 Å². The molecule has 0 bridgehead atoms. The number of hydrogen-bond donors (Lipinski definition) is 1. The molecule has 2 saturated heterocycles. The van der Waals surface area contributed by atoms with E-state index in [1.165, 1.54) is 16.9 Å². The molecule has 2 aromatic heterocycles. The Labute approximate surface area is 185 Å². The van der Waals surface area contributed by atoms with E-state index in [0.29, 0.717) is 30.6 Å². The van der Waals surface area contributed by atoms with Gasteiger partial charge < -0.3 is 24.4 Å². The van der Waals surface area contributed by atoms with Crippen LogP contribution in [-0.2, 0) is 20.8 Å². The van der Waals surface area contributed by atoms with Crippen LogP contribution < -0.4 is 5.32 Å². The highest BCUT2D eigenvalue weighted by molar-refractivity contribution is 7.18. The normalized spacial score (nSPS) is 18.4. The number of ether oxygens (including phenoxy) is 3. The van der Waals surface area contributed by atoms with Gasteiger partial charge in [-0.1, -0.05) is 17.4 Å². The molecule has 1 aromatic carbocycles. The molecule has 8 nitrogen and oxygen atoms in total. The van der Waals surface area contributed by atoms with E-state index < -0.39 is 0 Å². The van der Waals surface area contributed by atoms with Crippen molar-refractivity contribution in [1.82, 2.24) is 19.6 Å². The van der Waals surface area contributed by atoms with Gasteiger partial charge in [-0.05, 0) is 43.0 Å². The average Bonchev–Trinajstić information content (AvgIpc) is 3.51. The minimum atomic E-state index is -0.338. The summed E-state index contributed by atoms with van der Waals surface area (Å²) in [7, 11) is 1.77. The number of hydrogen-bond acceptors (Lipinski definition) is 7. The van der Waals surface area contributed by atoms with E-state index in [9.17, 15) is 4.79 Å². The molecule has 31 heavy (non-hydrogen) atoms. The first-order valence-electron chi connectivity index (χ1n) is 10.8. The van der Waals surface area contributed by atoms with Crippen LogP contribution in [0.15, 0.2) is 24.4 Å². The summed E-state index contributed by atoms with van der Waals surface area (Å²) in [5.41, 5.74) is 3.19. The van der Waals surface area contributed by atoms with Crippen molar-refractivity contribution < 1.29 is 19.0 Å². The lowest BCUT2D eigenvalue weighted by molar-refractivity contribution is -0.0542. The number of carbonyl (C=O) groups excluding carboxylic acids is 1. The molecule has 5 rings (SSSR count). The highest BCUT2D eigenvalue weighted by Gasteiger charge is 2.23. The van der Waals surface area contributed by atoms with E-state index in [2.05, 4.69) is 23.5 Å². The molecule has 3 aromatic rings. The summed E-state index contributed by atoms with van der Waals surface area (Å²) in [6.07, 6.45) is 3.82. The molecule has 0 saturated carbocycles. The van der Waals surface area contributed by atoms with Gasteiger partial charge in [-0.2, -0.15) is 0 Å². The SMILES string of the molecule is CN(CC1OCCO1)C(=O)c1cn2c(nc3ccc(CNCC4CCOCC4)cc32)s1. The summed E-state index contributed by atoms with van der Waals surface area (Å²) < 4.78 is 18.4. The highest BCUT2D eigenvalue weighted by Crippen LogP contribution is 2.26. The van der Waals surface area contributed by atoms with Crippen LogP contribution in [0, 0.1) is 5.92 Å². The van der Waals surface area contributed by atoms with Crippen molar-refractivity contribution in [1.29, 1.82) is 0 Å². The number of imidazole rings is 1. The fourth-order valence-electron chi connectivity index (χ4n) is 4.14. The lowest BCUT2D eigenvalue weighted by atomic mass is 10.0. The van der Waals surface area contributed by atoms with Crippen LogP contribution in [0.3, 0.4) is 0 Å². The number of fused-ring (bicyclic) bond motifs is 3.